The first-order valence-electron chi connectivity index (χ1n) is 13.9. The molecule has 2 heterocycles. The van der Waals surface area contributed by atoms with E-state index in [-0.39, 0.29) is 10.8 Å². The van der Waals surface area contributed by atoms with Gasteiger partial charge in [0, 0.05) is 17.0 Å². The number of aryl methyl sites for hydroxylation is 3. The van der Waals surface area contributed by atoms with Crippen LogP contribution in [0, 0.1) is 24.7 Å². The Balaban J connectivity index is 1.78. The van der Waals surface area contributed by atoms with Gasteiger partial charge in [-0.2, -0.15) is 0 Å². The Morgan fingerprint density at radius 1 is 0.737 bits per heavy atom. The van der Waals surface area contributed by atoms with Crippen molar-refractivity contribution in [2.75, 3.05) is 0 Å². The third-order valence-corrected chi connectivity index (χ3v) is 8.10. The van der Waals surface area contributed by atoms with Crippen molar-refractivity contribution in [3.63, 3.8) is 0 Å². The monoisotopic (exact) mass is 502 g/mol. The Morgan fingerprint density at radius 3 is 2.08 bits per heavy atom. The van der Waals surface area contributed by atoms with Gasteiger partial charge in [0.2, 0.25) is 5.69 Å². The van der Waals surface area contributed by atoms with Crippen molar-refractivity contribution in [2.24, 2.45) is 17.9 Å². The van der Waals surface area contributed by atoms with Gasteiger partial charge in [0.1, 0.15) is 18.5 Å². The molecule has 38 heavy (non-hydrogen) atoms. The number of aromatic nitrogens is 1. The van der Waals surface area contributed by atoms with Crippen LogP contribution in [0.15, 0.2) is 54.7 Å². The topological polar surface area (TPSA) is 13.1 Å². The first-order valence-corrected chi connectivity index (χ1v) is 13.9. The second-order valence-electron chi connectivity index (χ2n) is 13.8. The van der Waals surface area contributed by atoms with E-state index in [0.717, 1.165) is 24.3 Å². The first-order chi connectivity index (χ1) is 17.8. The Hall–Kier alpha value is -3.39. The molecule has 194 valence electrons. The molecule has 0 N–H and O–H groups in total. The molecule has 0 atom stereocenters. The van der Waals surface area contributed by atoms with E-state index < -0.39 is 0 Å². The smallest absolute Gasteiger partial charge is 0.228 e. The molecule has 0 saturated heterocycles. The predicted molar refractivity (Wildman–Crippen MR) is 161 cm³/mol. The molecule has 0 aliphatic carbocycles. The van der Waals surface area contributed by atoms with Gasteiger partial charge in [-0.05, 0) is 81.8 Å². The van der Waals surface area contributed by atoms with Gasteiger partial charge >= 0.3 is 0 Å². The lowest BCUT2D eigenvalue weighted by Crippen LogP contribution is -2.32. The van der Waals surface area contributed by atoms with Crippen LogP contribution < -0.4 is 9.30 Å². The van der Waals surface area contributed by atoms with Crippen LogP contribution in [0.1, 0.15) is 63.8 Å². The summed E-state index contributed by atoms with van der Waals surface area (Å²) >= 11 is 0. The highest BCUT2D eigenvalue weighted by Crippen LogP contribution is 2.53. The van der Waals surface area contributed by atoms with Gasteiger partial charge < -0.3 is 4.74 Å². The molecule has 4 aromatic carbocycles. The third-order valence-electron chi connectivity index (χ3n) is 8.10. The van der Waals surface area contributed by atoms with E-state index in [1.54, 1.807) is 0 Å². The van der Waals surface area contributed by atoms with Gasteiger partial charge in [-0.15, -0.1) is 0 Å². The fourth-order valence-electron chi connectivity index (χ4n) is 6.53. The van der Waals surface area contributed by atoms with Crippen LogP contribution in [0.3, 0.4) is 0 Å². The Kier molecular flexibility index (Phi) is 5.44. The molecule has 1 aromatic heterocycles. The van der Waals surface area contributed by atoms with Gasteiger partial charge in [0.05, 0.1) is 10.9 Å². The van der Waals surface area contributed by atoms with Gasteiger partial charge in [-0.1, -0.05) is 77.9 Å². The van der Waals surface area contributed by atoms with Gasteiger partial charge in [0.25, 0.3) is 0 Å². The van der Waals surface area contributed by atoms with Gasteiger partial charge in [-0.3, -0.25) is 0 Å². The number of ether oxygens (including phenoxy) is 1. The van der Waals surface area contributed by atoms with E-state index in [4.69, 9.17) is 4.74 Å². The van der Waals surface area contributed by atoms with Gasteiger partial charge in [-0.25, -0.2) is 4.57 Å². The highest BCUT2D eigenvalue weighted by atomic mass is 16.5. The maximum atomic E-state index is 7.04. The lowest BCUT2D eigenvalue weighted by molar-refractivity contribution is -0.659. The molecule has 2 heteroatoms. The largest absolute Gasteiger partial charge is 0.455 e. The van der Waals surface area contributed by atoms with Crippen LogP contribution in [0.4, 0.5) is 0 Å². The number of benzene rings is 4. The Bertz CT molecular complexity index is 1780. The highest BCUT2D eigenvalue weighted by molar-refractivity contribution is 6.17. The zero-order chi connectivity index (χ0) is 27.1. The maximum absolute atomic E-state index is 7.04. The molecule has 0 saturated carbocycles. The van der Waals surface area contributed by atoms with Crippen molar-refractivity contribution in [3.8, 4) is 22.8 Å². The van der Waals surface area contributed by atoms with Crippen LogP contribution >= 0.6 is 0 Å². The minimum Gasteiger partial charge on any atom is -0.455 e. The molecule has 1 aliphatic rings. The fourth-order valence-corrected chi connectivity index (χ4v) is 6.53. The summed E-state index contributed by atoms with van der Waals surface area (Å²) in [7, 11) is 2.18. The number of hydrogen-bond acceptors (Lipinski definition) is 1. The normalized spacial score (nSPS) is 13.3. The van der Waals surface area contributed by atoms with Crippen LogP contribution in [0.25, 0.3) is 43.6 Å². The zero-order valence-electron chi connectivity index (χ0n) is 24.5. The molecular weight excluding hydrogens is 462 g/mol. The lowest BCUT2D eigenvalue weighted by atomic mass is 9.80. The summed E-state index contributed by atoms with van der Waals surface area (Å²) in [6.45, 7) is 18.5. The summed E-state index contributed by atoms with van der Waals surface area (Å²) in [5.74, 6) is 2.01. The van der Waals surface area contributed by atoms with Crippen LogP contribution in [-0.4, -0.2) is 0 Å². The molecule has 0 fully saturated rings. The van der Waals surface area contributed by atoms with Crippen molar-refractivity contribution in [1.82, 2.24) is 0 Å². The average molecular weight is 503 g/mol. The second kappa shape index (κ2) is 8.30. The molecule has 2 nitrogen and oxygen atoms in total. The van der Waals surface area contributed by atoms with E-state index >= 15 is 0 Å². The standard InChI is InChI=1S/C36H40NO/c1-21-14-15-23-18-29-32-26(31(23)27(21)19-35(3,4)5)16-17-37(9)33(32)30-22(2)24-12-10-11-13-25(24)28(34(30)38-29)20-36(6,7)8/h10-18H,19-20H2,1-9H3/q+1. The summed E-state index contributed by atoms with van der Waals surface area (Å²) < 4.78 is 9.34. The Morgan fingerprint density at radius 2 is 1.39 bits per heavy atom. The van der Waals surface area contributed by atoms with Crippen LogP contribution in [-0.2, 0) is 19.9 Å². The minimum atomic E-state index is 0.131. The highest BCUT2D eigenvalue weighted by Gasteiger charge is 2.34. The van der Waals surface area contributed by atoms with E-state index in [9.17, 15) is 0 Å². The second-order valence-corrected chi connectivity index (χ2v) is 13.8. The maximum Gasteiger partial charge on any atom is 0.228 e. The molecule has 6 rings (SSSR count). The van der Waals surface area contributed by atoms with Crippen molar-refractivity contribution >= 4 is 32.3 Å². The van der Waals surface area contributed by atoms with Crippen LogP contribution in [0.2, 0.25) is 0 Å². The number of fused-ring (bicyclic) bond motifs is 5. The molecule has 0 bridgehead atoms. The summed E-state index contributed by atoms with van der Waals surface area (Å²) in [6.07, 6.45) is 4.24. The molecular formula is C36H40NO+. The van der Waals surface area contributed by atoms with E-state index in [0.29, 0.717) is 0 Å². The van der Waals surface area contributed by atoms with E-state index in [2.05, 4.69) is 122 Å². The summed E-state index contributed by atoms with van der Waals surface area (Å²) in [5, 5.41) is 7.79. The summed E-state index contributed by atoms with van der Waals surface area (Å²) in [5.41, 5.74) is 8.27. The molecule has 0 spiro atoms. The summed E-state index contributed by atoms with van der Waals surface area (Å²) in [4.78, 5) is 0. The van der Waals surface area contributed by atoms with Crippen molar-refractivity contribution in [2.45, 2.75) is 68.2 Å². The SMILES string of the molecule is Cc1ccc2cc3c4c([n+](C)ccc4c2c1CC(C)(C)C)-c1c(c(CC(C)(C)C)c2ccccc2c1C)O3. The zero-order valence-corrected chi connectivity index (χ0v) is 24.5. The minimum absolute atomic E-state index is 0.131. The molecule has 0 unspecified atom stereocenters. The molecule has 5 aromatic rings. The van der Waals surface area contributed by atoms with E-state index in [1.165, 1.54) is 65.8 Å². The summed E-state index contributed by atoms with van der Waals surface area (Å²) in [6, 6.07) is 18.0. The quantitative estimate of drug-likeness (QED) is 0.170. The van der Waals surface area contributed by atoms with Crippen molar-refractivity contribution < 1.29 is 9.30 Å². The third kappa shape index (κ3) is 3.88. The number of pyridine rings is 1. The first kappa shape index (κ1) is 24.9. The van der Waals surface area contributed by atoms with Gasteiger partial charge in [0.15, 0.2) is 6.20 Å². The van der Waals surface area contributed by atoms with Crippen molar-refractivity contribution in [1.29, 1.82) is 0 Å². The average Bonchev–Trinajstić information content (AvgIpc) is 2.83. The number of rotatable bonds is 2. The van der Waals surface area contributed by atoms with Crippen LogP contribution in [0.5, 0.6) is 11.5 Å². The molecule has 0 radical (unpaired) electrons. The van der Waals surface area contributed by atoms with E-state index in [1.807, 2.05) is 0 Å². The van der Waals surface area contributed by atoms with Crippen molar-refractivity contribution in [3.05, 3.63) is 77.0 Å². The molecule has 0 amide bonds. The molecule has 1 aliphatic heterocycles. The number of hydrogen-bond donors (Lipinski definition) is 0. The fraction of sp³-hybridized carbons (Fsp3) is 0.361. The number of nitrogens with zero attached hydrogens (tertiary/aromatic N) is 1. The lowest BCUT2D eigenvalue weighted by Gasteiger charge is -2.29. The Labute approximate surface area is 227 Å². The predicted octanol–water partition coefficient (Wildman–Crippen LogP) is 9.54.